The lowest BCUT2D eigenvalue weighted by atomic mass is 9.89. The highest BCUT2D eigenvalue weighted by molar-refractivity contribution is 5.64. The molecule has 0 heterocycles. The maximum absolute atomic E-state index is 10.7. The molecule has 17 heavy (non-hydrogen) atoms. The molecule has 0 saturated carbocycles. The second-order valence-electron chi connectivity index (χ2n) is 4.63. The summed E-state index contributed by atoms with van der Waals surface area (Å²) < 4.78 is 4.54. The van der Waals surface area contributed by atoms with E-state index in [4.69, 9.17) is 10.8 Å². The normalized spacial score (nSPS) is 13.1. The van der Waals surface area contributed by atoms with Crippen molar-refractivity contribution in [3.8, 4) is 0 Å². The molecule has 0 aromatic carbocycles. The molecule has 7 heteroatoms. The Morgan fingerprint density at radius 1 is 1.59 bits per heavy atom. The first-order valence-electron chi connectivity index (χ1n) is 5.47. The fourth-order valence-electron chi connectivity index (χ4n) is 1.58. The summed E-state index contributed by atoms with van der Waals surface area (Å²) in [7, 11) is 0. The average molecular weight is 248 g/mol. The molecule has 0 spiro atoms. The minimum absolute atomic E-state index is 0.117. The Morgan fingerprint density at radius 3 is 2.59 bits per heavy atom. The van der Waals surface area contributed by atoms with Crippen molar-refractivity contribution in [3.63, 3.8) is 0 Å². The molecule has 0 aromatic rings. The summed E-state index contributed by atoms with van der Waals surface area (Å²) >= 11 is 0. The van der Waals surface area contributed by atoms with E-state index in [9.17, 15) is 14.9 Å². The molecule has 0 aliphatic carbocycles. The van der Waals surface area contributed by atoms with E-state index in [1.54, 1.807) is 0 Å². The number of aliphatic hydroxyl groups is 1. The summed E-state index contributed by atoms with van der Waals surface area (Å²) in [6.07, 6.45) is 0.534. The Kier molecular flexibility index (Phi) is 6.48. The third-order valence-electron chi connectivity index (χ3n) is 2.54. The van der Waals surface area contributed by atoms with Crippen LogP contribution in [0, 0.1) is 16.0 Å². The van der Waals surface area contributed by atoms with Crippen molar-refractivity contribution in [2.45, 2.75) is 38.6 Å². The van der Waals surface area contributed by atoms with Crippen molar-refractivity contribution in [1.29, 1.82) is 0 Å². The fraction of sp³-hybridized carbons (Fsp3) is 0.900. The monoisotopic (exact) mass is 248 g/mol. The lowest BCUT2D eigenvalue weighted by molar-refractivity contribution is -0.563. The van der Waals surface area contributed by atoms with E-state index in [-0.39, 0.29) is 30.5 Å². The van der Waals surface area contributed by atoms with Crippen molar-refractivity contribution >= 4 is 6.09 Å². The zero-order valence-corrected chi connectivity index (χ0v) is 10.2. The van der Waals surface area contributed by atoms with Crippen molar-refractivity contribution in [2.75, 3.05) is 13.2 Å². The molecule has 0 radical (unpaired) electrons. The summed E-state index contributed by atoms with van der Waals surface area (Å²) in [6, 6.07) is 0. The van der Waals surface area contributed by atoms with Crippen LogP contribution in [0.4, 0.5) is 4.79 Å². The predicted octanol–water partition coefficient (Wildman–Crippen LogP) is 0.916. The molecule has 0 bridgehead atoms. The fourth-order valence-corrected chi connectivity index (χ4v) is 1.58. The molecule has 0 aliphatic rings. The van der Waals surface area contributed by atoms with Crippen LogP contribution in [0.25, 0.3) is 0 Å². The van der Waals surface area contributed by atoms with Gasteiger partial charge in [0.2, 0.25) is 5.54 Å². The third-order valence-corrected chi connectivity index (χ3v) is 2.54. The number of nitrogens with zero attached hydrogens (tertiary/aromatic N) is 1. The van der Waals surface area contributed by atoms with Crippen LogP contribution < -0.4 is 5.73 Å². The topological polar surface area (TPSA) is 116 Å². The van der Waals surface area contributed by atoms with E-state index in [0.717, 1.165) is 0 Å². The van der Waals surface area contributed by atoms with Gasteiger partial charge in [-0.3, -0.25) is 10.1 Å². The number of ether oxygens (including phenoxy) is 1. The quantitative estimate of drug-likeness (QED) is 0.376. The van der Waals surface area contributed by atoms with Gasteiger partial charge >= 0.3 is 6.09 Å². The molecule has 1 amide bonds. The van der Waals surface area contributed by atoms with Gasteiger partial charge in [-0.25, -0.2) is 4.79 Å². The number of hydrogen-bond donors (Lipinski definition) is 2. The Labute approximate surface area is 100 Å². The summed E-state index contributed by atoms with van der Waals surface area (Å²) in [6.45, 7) is 3.10. The largest absolute Gasteiger partial charge is 0.450 e. The van der Waals surface area contributed by atoms with Gasteiger partial charge in [-0.2, -0.15) is 0 Å². The lowest BCUT2D eigenvalue weighted by Gasteiger charge is -2.21. The maximum atomic E-state index is 10.7. The molecule has 0 rings (SSSR count). The number of aliphatic hydroxyl groups excluding tert-OH is 1. The van der Waals surface area contributed by atoms with Crippen LogP contribution in [-0.2, 0) is 4.74 Å². The Morgan fingerprint density at radius 2 is 2.18 bits per heavy atom. The molecular weight excluding hydrogens is 228 g/mol. The molecule has 1 atom stereocenters. The number of amides is 1. The minimum Gasteiger partial charge on any atom is -0.450 e. The van der Waals surface area contributed by atoms with Crippen LogP contribution in [0.5, 0.6) is 0 Å². The number of hydrogen-bond acceptors (Lipinski definition) is 5. The summed E-state index contributed by atoms with van der Waals surface area (Å²) in [5.74, 6) is -0.174. The van der Waals surface area contributed by atoms with E-state index in [1.165, 1.54) is 13.8 Å². The molecule has 3 N–H and O–H groups in total. The molecule has 7 nitrogen and oxygen atoms in total. The first-order chi connectivity index (χ1) is 7.79. The van der Waals surface area contributed by atoms with Gasteiger partial charge in [-0.1, -0.05) is 0 Å². The zero-order valence-electron chi connectivity index (χ0n) is 10.2. The maximum Gasteiger partial charge on any atom is 0.404 e. The van der Waals surface area contributed by atoms with E-state index in [0.29, 0.717) is 12.8 Å². The Balaban J connectivity index is 4.00. The Bertz CT molecular complexity index is 267. The second-order valence-corrected chi connectivity index (χ2v) is 4.63. The molecule has 1 unspecified atom stereocenters. The van der Waals surface area contributed by atoms with Crippen LogP contribution in [0.3, 0.4) is 0 Å². The van der Waals surface area contributed by atoms with Gasteiger partial charge in [0.25, 0.3) is 0 Å². The van der Waals surface area contributed by atoms with Crippen molar-refractivity contribution in [3.05, 3.63) is 10.1 Å². The highest BCUT2D eigenvalue weighted by atomic mass is 16.6. The number of primary amides is 1. The third kappa shape index (κ3) is 6.72. The van der Waals surface area contributed by atoms with Gasteiger partial charge in [0.15, 0.2) is 0 Å². The standard InChI is InChI=1S/C10H20N2O5/c1-10(2,12(15)16)6-8(7-13)4-3-5-17-9(11)14/h8,13H,3-7H2,1-2H3,(H2,11,14). The van der Waals surface area contributed by atoms with Gasteiger partial charge in [0.05, 0.1) is 6.61 Å². The van der Waals surface area contributed by atoms with E-state index < -0.39 is 11.6 Å². The molecule has 0 saturated heterocycles. The second kappa shape index (κ2) is 7.05. The first-order valence-corrected chi connectivity index (χ1v) is 5.47. The molecular formula is C10H20N2O5. The number of nitrogens with two attached hydrogens (primary N) is 1. The number of rotatable bonds is 8. The number of nitro groups is 1. The van der Waals surface area contributed by atoms with Crippen molar-refractivity contribution in [1.82, 2.24) is 0 Å². The highest BCUT2D eigenvalue weighted by Crippen LogP contribution is 2.22. The van der Waals surface area contributed by atoms with Crippen LogP contribution in [0.15, 0.2) is 0 Å². The van der Waals surface area contributed by atoms with E-state index in [2.05, 4.69) is 4.74 Å². The zero-order chi connectivity index (χ0) is 13.5. The SMILES string of the molecule is CC(C)(CC(CO)CCCOC(N)=O)[N+](=O)[O-]. The summed E-state index contributed by atoms with van der Waals surface area (Å²) in [5, 5.41) is 19.9. The van der Waals surface area contributed by atoms with E-state index in [1.807, 2.05) is 0 Å². The highest BCUT2D eigenvalue weighted by Gasteiger charge is 2.33. The van der Waals surface area contributed by atoms with E-state index >= 15 is 0 Å². The smallest absolute Gasteiger partial charge is 0.404 e. The summed E-state index contributed by atoms with van der Waals surface area (Å²) in [5.41, 5.74) is 3.73. The predicted molar refractivity (Wildman–Crippen MR) is 61.0 cm³/mol. The van der Waals surface area contributed by atoms with Crippen LogP contribution in [0.1, 0.15) is 33.1 Å². The Hall–Kier alpha value is -1.37. The van der Waals surface area contributed by atoms with Gasteiger partial charge in [0.1, 0.15) is 0 Å². The van der Waals surface area contributed by atoms with Crippen LogP contribution in [0.2, 0.25) is 0 Å². The molecule has 100 valence electrons. The summed E-state index contributed by atoms with van der Waals surface area (Å²) in [4.78, 5) is 20.7. The van der Waals surface area contributed by atoms with Gasteiger partial charge in [-0.05, 0) is 18.8 Å². The molecule has 0 aromatic heterocycles. The number of carbonyl (C=O) groups excluding carboxylic acids is 1. The number of carbonyl (C=O) groups is 1. The van der Waals surface area contributed by atoms with Gasteiger partial charge in [0, 0.05) is 31.8 Å². The van der Waals surface area contributed by atoms with Gasteiger partial charge in [-0.15, -0.1) is 0 Å². The lowest BCUT2D eigenvalue weighted by Crippen LogP contribution is -2.34. The average Bonchev–Trinajstić information content (AvgIpc) is 2.21. The van der Waals surface area contributed by atoms with Crippen molar-refractivity contribution in [2.24, 2.45) is 11.7 Å². The minimum atomic E-state index is -1.06. The van der Waals surface area contributed by atoms with Gasteiger partial charge < -0.3 is 15.6 Å². The van der Waals surface area contributed by atoms with Crippen molar-refractivity contribution < 1.29 is 19.6 Å². The van der Waals surface area contributed by atoms with Crippen LogP contribution >= 0.6 is 0 Å². The molecule has 0 aliphatic heterocycles. The molecule has 0 fully saturated rings. The first kappa shape index (κ1) is 15.6. The van der Waals surface area contributed by atoms with Crippen LogP contribution in [-0.4, -0.2) is 34.9 Å².